The van der Waals surface area contributed by atoms with Gasteiger partial charge in [-0.15, -0.1) is 0 Å². The standard InChI is InChI=1S/C30H45FN4O2/c1-8-27-28(21(4)35(9-2)32-27)22-13-15-33(16-14-22)20(3)25-18-34(29(36)37-30(5,6)7)19-26(25)23-11-10-12-24(31)17-23/h10-12,17,20,22,25-26H,8-9,13-16,18-19H2,1-7H3/t20-,25?,26?/m1/s1. The summed E-state index contributed by atoms with van der Waals surface area (Å²) < 4.78 is 22.0. The number of carbonyl (C=O) groups is 1. The van der Waals surface area contributed by atoms with Crippen LogP contribution in [0.25, 0.3) is 0 Å². The summed E-state index contributed by atoms with van der Waals surface area (Å²) in [5.74, 6) is 0.601. The molecule has 1 amide bonds. The summed E-state index contributed by atoms with van der Waals surface area (Å²) in [5, 5.41) is 4.86. The average Bonchev–Trinajstić information content (AvgIpc) is 3.44. The molecule has 2 aliphatic rings. The summed E-state index contributed by atoms with van der Waals surface area (Å²) >= 11 is 0. The van der Waals surface area contributed by atoms with Crippen LogP contribution in [0.1, 0.15) is 88.7 Å². The molecule has 4 rings (SSSR count). The van der Waals surface area contributed by atoms with Crippen molar-refractivity contribution in [2.24, 2.45) is 5.92 Å². The second kappa shape index (κ2) is 11.1. The van der Waals surface area contributed by atoms with E-state index in [1.165, 1.54) is 23.0 Å². The van der Waals surface area contributed by atoms with Gasteiger partial charge in [0, 0.05) is 43.2 Å². The first-order valence-electron chi connectivity index (χ1n) is 14.1. The van der Waals surface area contributed by atoms with Crippen LogP contribution in [-0.2, 0) is 17.7 Å². The highest BCUT2D eigenvalue weighted by Gasteiger charge is 2.43. The predicted molar refractivity (Wildman–Crippen MR) is 145 cm³/mol. The number of ether oxygens (including phenoxy) is 1. The van der Waals surface area contributed by atoms with Gasteiger partial charge in [-0.3, -0.25) is 4.68 Å². The molecule has 1 aromatic carbocycles. The highest BCUT2D eigenvalue weighted by molar-refractivity contribution is 5.68. The number of carbonyl (C=O) groups excluding carboxylic acids is 1. The van der Waals surface area contributed by atoms with Gasteiger partial charge in [0.25, 0.3) is 0 Å². The van der Waals surface area contributed by atoms with E-state index in [0.717, 1.165) is 44.5 Å². The van der Waals surface area contributed by atoms with Crippen molar-refractivity contribution in [1.29, 1.82) is 0 Å². The molecule has 2 aliphatic heterocycles. The molecule has 1 aromatic heterocycles. The Labute approximate surface area is 222 Å². The molecule has 3 heterocycles. The van der Waals surface area contributed by atoms with Crippen LogP contribution in [0.2, 0.25) is 0 Å². The van der Waals surface area contributed by atoms with Gasteiger partial charge in [-0.2, -0.15) is 5.10 Å². The molecule has 2 fully saturated rings. The van der Waals surface area contributed by atoms with Crippen molar-refractivity contribution in [3.63, 3.8) is 0 Å². The first-order valence-corrected chi connectivity index (χ1v) is 14.1. The van der Waals surface area contributed by atoms with Crippen molar-refractivity contribution < 1.29 is 13.9 Å². The maximum absolute atomic E-state index is 14.2. The number of hydrogen-bond donors (Lipinski definition) is 0. The van der Waals surface area contributed by atoms with Crippen molar-refractivity contribution in [3.05, 3.63) is 52.6 Å². The Hall–Kier alpha value is -2.41. The highest BCUT2D eigenvalue weighted by Crippen LogP contribution is 2.40. The summed E-state index contributed by atoms with van der Waals surface area (Å²) in [4.78, 5) is 17.4. The van der Waals surface area contributed by atoms with Crippen molar-refractivity contribution in [2.45, 2.75) is 97.8 Å². The monoisotopic (exact) mass is 512 g/mol. The molecule has 2 aromatic rings. The second-order valence-corrected chi connectivity index (χ2v) is 11.9. The fourth-order valence-corrected chi connectivity index (χ4v) is 6.47. The zero-order valence-electron chi connectivity index (χ0n) is 23.8. The highest BCUT2D eigenvalue weighted by atomic mass is 19.1. The summed E-state index contributed by atoms with van der Waals surface area (Å²) in [6, 6.07) is 7.17. The zero-order chi connectivity index (χ0) is 26.9. The molecule has 6 nitrogen and oxygen atoms in total. The maximum atomic E-state index is 14.2. The Morgan fingerprint density at radius 3 is 2.49 bits per heavy atom. The topological polar surface area (TPSA) is 50.6 Å². The van der Waals surface area contributed by atoms with Crippen LogP contribution in [0.3, 0.4) is 0 Å². The van der Waals surface area contributed by atoms with Crippen LogP contribution in [0.15, 0.2) is 24.3 Å². The Morgan fingerprint density at radius 1 is 1.19 bits per heavy atom. The molecule has 3 atom stereocenters. The minimum Gasteiger partial charge on any atom is -0.444 e. The fraction of sp³-hybridized carbons (Fsp3) is 0.667. The number of aryl methyl sites for hydroxylation is 2. The summed E-state index contributed by atoms with van der Waals surface area (Å²) in [5.41, 5.74) is 4.46. The minimum atomic E-state index is -0.544. The molecule has 2 saturated heterocycles. The van der Waals surface area contributed by atoms with Crippen LogP contribution >= 0.6 is 0 Å². The SMILES string of the molecule is CCc1nn(CC)c(C)c1C1CCN([C@H](C)C2CN(C(=O)OC(C)(C)C)CC2c2cccc(F)c2)CC1. The lowest BCUT2D eigenvalue weighted by molar-refractivity contribution is 0.0275. The molecule has 0 saturated carbocycles. The van der Waals surface area contributed by atoms with E-state index in [1.54, 1.807) is 12.1 Å². The van der Waals surface area contributed by atoms with E-state index in [9.17, 15) is 9.18 Å². The molecule has 37 heavy (non-hydrogen) atoms. The molecular weight excluding hydrogens is 467 g/mol. The van der Waals surface area contributed by atoms with Crippen molar-refractivity contribution in [3.8, 4) is 0 Å². The summed E-state index contributed by atoms with van der Waals surface area (Å²) in [6.45, 7) is 18.7. The quantitative estimate of drug-likeness (QED) is 0.467. The third-order valence-corrected chi connectivity index (χ3v) is 8.39. The van der Waals surface area contributed by atoms with Gasteiger partial charge in [-0.05, 0) is 103 Å². The molecule has 0 spiro atoms. The Balaban J connectivity index is 1.50. The normalized spacial score (nSPS) is 22.4. The van der Waals surface area contributed by atoms with E-state index < -0.39 is 5.60 Å². The number of benzene rings is 1. The lowest BCUT2D eigenvalue weighted by atomic mass is 9.82. The van der Waals surface area contributed by atoms with Gasteiger partial charge >= 0.3 is 6.09 Å². The van der Waals surface area contributed by atoms with Crippen LogP contribution in [-0.4, -0.2) is 63.5 Å². The number of nitrogens with zero attached hydrogens (tertiary/aromatic N) is 4. The Bertz CT molecular complexity index is 1080. The molecular formula is C30H45FN4O2. The summed E-state index contributed by atoms with van der Waals surface area (Å²) in [6.07, 6.45) is 2.91. The molecule has 7 heteroatoms. The van der Waals surface area contributed by atoms with Crippen LogP contribution in [0.5, 0.6) is 0 Å². The third kappa shape index (κ3) is 6.02. The zero-order valence-corrected chi connectivity index (χ0v) is 23.8. The van der Waals surface area contributed by atoms with Crippen LogP contribution in [0.4, 0.5) is 9.18 Å². The van der Waals surface area contributed by atoms with Crippen molar-refractivity contribution in [1.82, 2.24) is 19.6 Å². The van der Waals surface area contributed by atoms with Gasteiger partial charge in [0.15, 0.2) is 0 Å². The predicted octanol–water partition coefficient (Wildman–Crippen LogP) is 6.13. The average molecular weight is 513 g/mol. The molecule has 0 bridgehead atoms. The molecule has 204 valence electrons. The number of hydrogen-bond acceptors (Lipinski definition) is 4. The molecule has 0 radical (unpaired) electrons. The van der Waals surface area contributed by atoms with E-state index in [-0.39, 0.29) is 29.8 Å². The van der Waals surface area contributed by atoms with Gasteiger partial charge in [-0.25, -0.2) is 9.18 Å². The van der Waals surface area contributed by atoms with E-state index in [2.05, 4.69) is 37.3 Å². The lowest BCUT2D eigenvalue weighted by Crippen LogP contribution is -2.45. The Kier molecular flexibility index (Phi) is 8.32. The van der Waals surface area contributed by atoms with Gasteiger partial charge in [-0.1, -0.05) is 19.1 Å². The van der Waals surface area contributed by atoms with Gasteiger partial charge in [0.05, 0.1) is 5.69 Å². The number of halogens is 1. The largest absolute Gasteiger partial charge is 0.444 e. The van der Waals surface area contributed by atoms with E-state index >= 15 is 0 Å². The first-order chi connectivity index (χ1) is 17.5. The molecule has 0 N–H and O–H groups in total. The number of rotatable bonds is 6. The van der Waals surface area contributed by atoms with E-state index in [1.807, 2.05) is 31.7 Å². The van der Waals surface area contributed by atoms with E-state index in [0.29, 0.717) is 19.0 Å². The second-order valence-electron chi connectivity index (χ2n) is 11.9. The molecule has 2 unspecified atom stereocenters. The fourth-order valence-electron chi connectivity index (χ4n) is 6.47. The van der Waals surface area contributed by atoms with Gasteiger partial charge in [0.1, 0.15) is 11.4 Å². The van der Waals surface area contributed by atoms with Crippen LogP contribution < -0.4 is 0 Å². The third-order valence-electron chi connectivity index (χ3n) is 8.39. The number of likely N-dealkylation sites (tertiary alicyclic amines) is 2. The van der Waals surface area contributed by atoms with Gasteiger partial charge in [0.2, 0.25) is 0 Å². The molecule has 0 aliphatic carbocycles. The Morgan fingerprint density at radius 2 is 1.89 bits per heavy atom. The number of piperidine rings is 1. The number of aromatic nitrogens is 2. The van der Waals surface area contributed by atoms with Crippen molar-refractivity contribution >= 4 is 6.09 Å². The van der Waals surface area contributed by atoms with Gasteiger partial charge < -0.3 is 14.5 Å². The summed E-state index contributed by atoms with van der Waals surface area (Å²) in [7, 11) is 0. The van der Waals surface area contributed by atoms with E-state index in [4.69, 9.17) is 9.84 Å². The lowest BCUT2D eigenvalue weighted by Gasteiger charge is -2.40. The maximum Gasteiger partial charge on any atom is 0.410 e. The first kappa shape index (κ1) is 27.6. The number of amides is 1. The smallest absolute Gasteiger partial charge is 0.410 e. The van der Waals surface area contributed by atoms with Crippen molar-refractivity contribution in [2.75, 3.05) is 26.2 Å². The van der Waals surface area contributed by atoms with Crippen LogP contribution in [0, 0.1) is 18.7 Å². The minimum absolute atomic E-state index is 0.0765.